The molecule has 0 bridgehead atoms. The molecule has 2 aliphatic rings. The average molecular weight is 405 g/mol. The number of hydrogen-bond acceptors (Lipinski definition) is 6. The van der Waals surface area contributed by atoms with Gasteiger partial charge in [0.05, 0.1) is 23.8 Å². The molecule has 1 amide bonds. The Morgan fingerprint density at radius 2 is 2.21 bits per heavy atom. The molecule has 1 aromatic heterocycles. The van der Waals surface area contributed by atoms with Gasteiger partial charge in [-0.2, -0.15) is 5.10 Å². The number of rotatable bonds is 4. The normalized spacial score (nSPS) is 22.4. The molecule has 1 aromatic carbocycles. The van der Waals surface area contributed by atoms with Crippen LogP contribution < -0.4 is 15.5 Å². The van der Waals surface area contributed by atoms with Crippen LogP contribution >= 0.6 is 11.6 Å². The van der Waals surface area contributed by atoms with Gasteiger partial charge in [-0.15, -0.1) is 0 Å². The van der Waals surface area contributed by atoms with Crippen LogP contribution in [0.1, 0.15) is 23.8 Å². The number of halogens is 2. The van der Waals surface area contributed by atoms with E-state index in [4.69, 9.17) is 21.1 Å². The second-order valence-electron chi connectivity index (χ2n) is 6.45. The summed E-state index contributed by atoms with van der Waals surface area (Å²) in [4.78, 5) is 15.8. The third kappa shape index (κ3) is 3.99. The summed E-state index contributed by atoms with van der Waals surface area (Å²) in [5, 5.41) is 7.33. The van der Waals surface area contributed by atoms with E-state index >= 15 is 0 Å². The molecule has 1 fully saturated rings. The molecule has 1 saturated heterocycles. The van der Waals surface area contributed by atoms with E-state index < -0.39 is 18.0 Å². The molecule has 2 aliphatic heterocycles. The molecule has 0 radical (unpaired) electrons. The van der Waals surface area contributed by atoms with E-state index in [0.717, 1.165) is 0 Å². The number of nitrogens with zero attached hydrogens (tertiary/aromatic N) is 2. The summed E-state index contributed by atoms with van der Waals surface area (Å²) in [6.07, 6.45) is 0.803. The van der Waals surface area contributed by atoms with E-state index in [2.05, 4.69) is 20.8 Å². The maximum absolute atomic E-state index is 14.0. The topological polar surface area (TPSA) is 84.8 Å². The summed E-state index contributed by atoms with van der Waals surface area (Å²) < 4.78 is 26.1. The van der Waals surface area contributed by atoms with Crippen molar-refractivity contribution in [2.45, 2.75) is 18.6 Å². The molecule has 7 nitrogen and oxygen atoms in total. The minimum absolute atomic E-state index is 0.0546. The van der Waals surface area contributed by atoms with E-state index in [1.54, 1.807) is 24.4 Å². The largest absolute Gasteiger partial charge is 0.484 e. The quantitative estimate of drug-likeness (QED) is 0.816. The van der Waals surface area contributed by atoms with Crippen molar-refractivity contribution in [3.05, 3.63) is 58.6 Å². The van der Waals surface area contributed by atoms with Gasteiger partial charge < -0.3 is 14.8 Å². The van der Waals surface area contributed by atoms with Crippen LogP contribution in [-0.2, 0) is 9.53 Å². The van der Waals surface area contributed by atoms with E-state index in [9.17, 15) is 9.18 Å². The maximum atomic E-state index is 14.0. The Bertz CT molecular complexity index is 924. The fourth-order valence-corrected chi connectivity index (χ4v) is 3.30. The number of hydrogen-bond donors (Lipinski definition) is 2. The molecule has 28 heavy (non-hydrogen) atoms. The van der Waals surface area contributed by atoms with Gasteiger partial charge in [0, 0.05) is 19.3 Å². The Labute approximate surface area is 165 Å². The zero-order valence-electron chi connectivity index (χ0n) is 14.8. The van der Waals surface area contributed by atoms with Crippen LogP contribution in [0.4, 0.5) is 4.39 Å². The number of carbonyl (C=O) groups is 1. The Balaban J connectivity index is 1.63. The van der Waals surface area contributed by atoms with Crippen molar-refractivity contribution < 1.29 is 18.7 Å². The fraction of sp³-hybridized carbons (Fsp3) is 0.316. The number of aromatic nitrogens is 1. The SMILES string of the molecule is O=C1CC(c2ncccc2O[C@@H]2CNCCO[C@H]2c2ccc(Cl)c(F)c2)=NN1. The van der Waals surface area contributed by atoms with E-state index in [-0.39, 0.29) is 17.4 Å². The minimum Gasteiger partial charge on any atom is -0.484 e. The lowest BCUT2D eigenvalue weighted by molar-refractivity contribution is -0.119. The van der Waals surface area contributed by atoms with Gasteiger partial charge in [-0.05, 0) is 29.8 Å². The highest BCUT2D eigenvalue weighted by Gasteiger charge is 2.30. The van der Waals surface area contributed by atoms with Crippen molar-refractivity contribution in [2.24, 2.45) is 5.10 Å². The predicted molar refractivity (Wildman–Crippen MR) is 101 cm³/mol. The van der Waals surface area contributed by atoms with E-state index in [1.165, 1.54) is 12.1 Å². The van der Waals surface area contributed by atoms with Crippen molar-refractivity contribution >= 4 is 23.2 Å². The van der Waals surface area contributed by atoms with Crippen LogP contribution in [-0.4, -0.2) is 42.4 Å². The fourth-order valence-electron chi connectivity index (χ4n) is 3.18. The summed E-state index contributed by atoms with van der Waals surface area (Å²) in [6.45, 7) is 1.60. The first-order chi connectivity index (χ1) is 13.6. The molecule has 3 heterocycles. The summed E-state index contributed by atoms with van der Waals surface area (Å²) in [7, 11) is 0. The summed E-state index contributed by atoms with van der Waals surface area (Å²) in [5.74, 6) is -0.222. The second kappa shape index (κ2) is 8.22. The van der Waals surface area contributed by atoms with Crippen LogP contribution in [0.3, 0.4) is 0 Å². The van der Waals surface area contributed by atoms with Crippen LogP contribution in [0.2, 0.25) is 5.02 Å². The first-order valence-electron chi connectivity index (χ1n) is 8.86. The van der Waals surface area contributed by atoms with Gasteiger partial charge >= 0.3 is 0 Å². The molecule has 9 heteroatoms. The molecule has 2 atom stereocenters. The lowest BCUT2D eigenvalue weighted by Gasteiger charge is -2.27. The molecular weight excluding hydrogens is 387 g/mol. The zero-order valence-corrected chi connectivity index (χ0v) is 15.6. The monoisotopic (exact) mass is 404 g/mol. The number of ether oxygens (including phenoxy) is 2. The lowest BCUT2D eigenvalue weighted by Crippen LogP contribution is -2.35. The van der Waals surface area contributed by atoms with Gasteiger partial charge in [0.25, 0.3) is 0 Å². The Hall–Kier alpha value is -2.55. The third-order valence-electron chi connectivity index (χ3n) is 4.50. The third-order valence-corrected chi connectivity index (χ3v) is 4.80. The highest BCUT2D eigenvalue weighted by molar-refractivity contribution is 6.30. The summed E-state index contributed by atoms with van der Waals surface area (Å²) >= 11 is 5.81. The smallest absolute Gasteiger partial charge is 0.246 e. The first kappa shape index (κ1) is 18.8. The summed E-state index contributed by atoms with van der Waals surface area (Å²) in [6, 6.07) is 8.10. The Kier molecular flexibility index (Phi) is 5.52. The number of nitrogens with one attached hydrogen (secondary N) is 2. The molecule has 4 rings (SSSR count). The van der Waals surface area contributed by atoms with Crippen LogP contribution in [0.25, 0.3) is 0 Å². The molecule has 0 aliphatic carbocycles. The number of pyridine rings is 1. The van der Waals surface area contributed by atoms with Gasteiger partial charge in [0.2, 0.25) is 5.91 Å². The van der Waals surface area contributed by atoms with Crippen LogP contribution in [0.5, 0.6) is 5.75 Å². The van der Waals surface area contributed by atoms with E-state index in [0.29, 0.717) is 42.4 Å². The van der Waals surface area contributed by atoms with Gasteiger partial charge in [-0.25, -0.2) is 9.82 Å². The number of amides is 1. The van der Waals surface area contributed by atoms with Crippen molar-refractivity contribution in [2.75, 3.05) is 19.7 Å². The zero-order chi connectivity index (χ0) is 19.5. The highest BCUT2D eigenvalue weighted by Crippen LogP contribution is 2.30. The second-order valence-corrected chi connectivity index (χ2v) is 6.85. The standard InChI is InChI=1S/C19H18ClFN4O3/c20-12-4-3-11(8-13(12)21)19-16(10-22-6-7-27-19)28-15-2-1-5-23-18(15)14-9-17(26)25-24-14/h1-5,8,16,19,22H,6-7,9-10H2,(H,25,26)/t16-,19+/m1/s1. The van der Waals surface area contributed by atoms with Crippen LogP contribution in [0.15, 0.2) is 41.6 Å². The Morgan fingerprint density at radius 1 is 1.32 bits per heavy atom. The van der Waals surface area contributed by atoms with Crippen molar-refractivity contribution in [3.8, 4) is 5.75 Å². The average Bonchev–Trinajstić information content (AvgIpc) is 2.99. The van der Waals surface area contributed by atoms with Crippen molar-refractivity contribution in [3.63, 3.8) is 0 Å². The first-order valence-corrected chi connectivity index (χ1v) is 9.24. The van der Waals surface area contributed by atoms with Gasteiger partial charge in [0.1, 0.15) is 29.5 Å². The molecule has 0 saturated carbocycles. The van der Waals surface area contributed by atoms with Gasteiger partial charge in [0.15, 0.2) is 0 Å². The molecule has 2 aromatic rings. The van der Waals surface area contributed by atoms with Crippen molar-refractivity contribution in [1.82, 2.24) is 15.7 Å². The lowest BCUT2D eigenvalue weighted by atomic mass is 10.0. The highest BCUT2D eigenvalue weighted by atomic mass is 35.5. The molecule has 146 valence electrons. The molecule has 0 spiro atoms. The van der Waals surface area contributed by atoms with Crippen LogP contribution in [0, 0.1) is 5.82 Å². The predicted octanol–water partition coefficient (Wildman–Crippen LogP) is 2.21. The number of carbonyl (C=O) groups excluding carboxylic acids is 1. The Morgan fingerprint density at radius 3 is 3.00 bits per heavy atom. The van der Waals surface area contributed by atoms with Crippen molar-refractivity contribution in [1.29, 1.82) is 0 Å². The summed E-state index contributed by atoms with van der Waals surface area (Å²) in [5.41, 5.74) is 4.06. The molecular formula is C19H18ClFN4O3. The molecule has 0 unspecified atom stereocenters. The molecule has 2 N–H and O–H groups in total. The number of benzene rings is 1. The van der Waals surface area contributed by atoms with Gasteiger partial charge in [-0.1, -0.05) is 17.7 Å². The minimum atomic E-state index is -0.509. The number of hydrazone groups is 1. The maximum Gasteiger partial charge on any atom is 0.246 e. The van der Waals surface area contributed by atoms with E-state index in [1.807, 2.05) is 0 Å². The van der Waals surface area contributed by atoms with Gasteiger partial charge in [-0.3, -0.25) is 9.78 Å².